The lowest BCUT2D eigenvalue weighted by atomic mass is 9.98. The number of hydrogen-bond donors (Lipinski definition) is 4. The summed E-state index contributed by atoms with van der Waals surface area (Å²) in [6.07, 6.45) is -14.0. The van der Waals surface area contributed by atoms with Gasteiger partial charge in [0.15, 0.2) is 18.5 Å². The van der Waals surface area contributed by atoms with Crippen LogP contribution >= 0.6 is 0 Å². The molecule has 2 saturated heterocycles. The molecule has 240 valence electrons. The van der Waals surface area contributed by atoms with Gasteiger partial charge in [-0.2, -0.15) is 0 Å². The van der Waals surface area contributed by atoms with Crippen LogP contribution in [-0.2, 0) is 52.3 Å². The Morgan fingerprint density at radius 2 is 1.23 bits per heavy atom. The quantitative estimate of drug-likeness (QED) is 0.113. The second-order valence-electron chi connectivity index (χ2n) is 10.3. The fourth-order valence-electron chi connectivity index (χ4n) is 3.88. The largest absolute Gasteiger partial charge is 0.459 e. The molecular weight excluding hydrogens is 576 g/mol. The Bertz CT molecular complexity index is 1140. The van der Waals surface area contributed by atoms with Crippen LogP contribution < -0.4 is 0 Å². The second kappa shape index (κ2) is 14.8. The van der Waals surface area contributed by atoms with Gasteiger partial charge >= 0.3 is 23.9 Å². The lowest BCUT2D eigenvalue weighted by Crippen LogP contribution is -2.63. The van der Waals surface area contributed by atoms with Crippen molar-refractivity contribution in [1.29, 1.82) is 0 Å². The third kappa shape index (κ3) is 8.57. The molecule has 2 fully saturated rings. The highest BCUT2D eigenvalue weighted by Crippen LogP contribution is 2.40. The van der Waals surface area contributed by atoms with E-state index in [9.17, 15) is 39.6 Å². The molecule has 2 aliphatic heterocycles. The van der Waals surface area contributed by atoms with E-state index in [0.717, 1.165) is 0 Å². The molecule has 2 aliphatic rings. The average Bonchev–Trinajstić information content (AvgIpc) is 3.21. The molecule has 0 aliphatic carbocycles. The average molecular weight is 615 g/mol. The standard InChI is InChI=1S/C28H38O15/c1-12(2)23(33)37-10-17-21(40-25(35)14(5)6)22(41-26(36)15(7)8)28(42-17,11-38-24(34)13(3)4)43-27-20(32)19(31)18(30)16(9-29)39-27/h16-22,27,29-32H,1,3,5,7,9-11H2,2,4,6,8H3/t16-,17-,18-,19+,20-,21-,22+,27-,28+/m1/s1. The Balaban J connectivity index is 2.70. The van der Waals surface area contributed by atoms with Crippen LogP contribution in [0.15, 0.2) is 48.6 Å². The van der Waals surface area contributed by atoms with Crippen LogP contribution in [0.4, 0.5) is 0 Å². The Labute approximate surface area is 247 Å². The van der Waals surface area contributed by atoms with Crippen molar-refractivity contribution >= 4 is 23.9 Å². The fraction of sp³-hybridized carbons (Fsp3) is 0.571. The summed E-state index contributed by atoms with van der Waals surface area (Å²) in [7, 11) is 0. The van der Waals surface area contributed by atoms with E-state index < -0.39 is 98.5 Å². The molecule has 0 amide bonds. The van der Waals surface area contributed by atoms with Crippen molar-refractivity contribution in [1.82, 2.24) is 0 Å². The van der Waals surface area contributed by atoms with E-state index in [1.165, 1.54) is 27.7 Å². The van der Waals surface area contributed by atoms with Gasteiger partial charge < -0.3 is 53.6 Å². The molecule has 15 heteroatoms. The third-order valence-electron chi connectivity index (χ3n) is 6.27. The van der Waals surface area contributed by atoms with E-state index in [2.05, 4.69) is 26.3 Å². The summed E-state index contributed by atoms with van der Waals surface area (Å²) >= 11 is 0. The summed E-state index contributed by atoms with van der Waals surface area (Å²) < 4.78 is 39.0. The van der Waals surface area contributed by atoms with Gasteiger partial charge in [0, 0.05) is 22.3 Å². The molecule has 0 unspecified atom stereocenters. The predicted molar refractivity (Wildman–Crippen MR) is 143 cm³/mol. The molecule has 0 aromatic rings. The third-order valence-corrected chi connectivity index (χ3v) is 6.27. The number of aliphatic hydroxyl groups is 4. The number of ether oxygens (including phenoxy) is 7. The summed E-state index contributed by atoms with van der Waals surface area (Å²) in [5.74, 6) is -6.35. The maximum absolute atomic E-state index is 12.8. The van der Waals surface area contributed by atoms with Gasteiger partial charge in [-0.25, -0.2) is 19.2 Å². The van der Waals surface area contributed by atoms with Crippen molar-refractivity contribution in [3.8, 4) is 0 Å². The lowest BCUT2D eigenvalue weighted by molar-refractivity contribution is -0.383. The maximum atomic E-state index is 12.8. The Morgan fingerprint density at radius 1 is 0.721 bits per heavy atom. The summed E-state index contributed by atoms with van der Waals surface area (Å²) in [4.78, 5) is 50.1. The molecular formula is C28H38O15. The van der Waals surface area contributed by atoms with Crippen LogP contribution in [0.1, 0.15) is 27.7 Å². The van der Waals surface area contributed by atoms with Gasteiger partial charge in [0.2, 0.25) is 5.79 Å². The number of esters is 4. The summed E-state index contributed by atoms with van der Waals surface area (Å²) in [6.45, 7) is 16.9. The second-order valence-corrected chi connectivity index (χ2v) is 10.3. The highest BCUT2D eigenvalue weighted by Gasteiger charge is 2.64. The highest BCUT2D eigenvalue weighted by molar-refractivity contribution is 5.89. The minimum Gasteiger partial charge on any atom is -0.459 e. The van der Waals surface area contributed by atoms with Crippen molar-refractivity contribution in [2.24, 2.45) is 0 Å². The van der Waals surface area contributed by atoms with Gasteiger partial charge in [0.05, 0.1) is 6.61 Å². The first kappa shape index (κ1) is 35.8. The number of carbonyl (C=O) groups excluding carboxylic acids is 4. The minimum atomic E-state index is -2.51. The number of rotatable bonds is 13. The van der Waals surface area contributed by atoms with E-state index in [-0.39, 0.29) is 22.3 Å². The zero-order valence-electron chi connectivity index (χ0n) is 24.3. The normalized spacial score (nSPS) is 31.8. The zero-order valence-corrected chi connectivity index (χ0v) is 24.3. The molecule has 4 N–H and O–H groups in total. The van der Waals surface area contributed by atoms with Crippen molar-refractivity contribution in [3.63, 3.8) is 0 Å². The van der Waals surface area contributed by atoms with Crippen molar-refractivity contribution in [2.45, 2.75) is 82.5 Å². The highest BCUT2D eigenvalue weighted by atomic mass is 16.8. The molecule has 0 bridgehead atoms. The molecule has 2 heterocycles. The molecule has 0 aromatic carbocycles. The van der Waals surface area contributed by atoms with E-state index in [1.807, 2.05) is 0 Å². The van der Waals surface area contributed by atoms with Gasteiger partial charge in [-0.1, -0.05) is 26.3 Å². The topological polar surface area (TPSA) is 214 Å². The molecule has 43 heavy (non-hydrogen) atoms. The van der Waals surface area contributed by atoms with Crippen LogP contribution in [0.3, 0.4) is 0 Å². The van der Waals surface area contributed by atoms with Gasteiger partial charge in [-0.05, 0) is 27.7 Å². The molecule has 0 saturated carbocycles. The van der Waals surface area contributed by atoms with E-state index in [1.54, 1.807) is 0 Å². The van der Waals surface area contributed by atoms with Crippen LogP contribution in [0.2, 0.25) is 0 Å². The summed E-state index contributed by atoms with van der Waals surface area (Å²) in [5.41, 5.74) is -0.252. The smallest absolute Gasteiger partial charge is 0.333 e. The Morgan fingerprint density at radius 3 is 1.74 bits per heavy atom. The SMILES string of the molecule is C=C(C)C(=O)OC[C@H]1O[C@@](COC(=O)C(=C)C)(O[C@H]2O[C@H](CO)[C@@H](O)[C@H](O)[C@H]2O)[C@@H](OC(=O)C(=C)C)[C@@H]1OC(=O)C(=C)C. The first-order valence-electron chi connectivity index (χ1n) is 13.0. The monoisotopic (exact) mass is 614 g/mol. The summed E-state index contributed by atoms with van der Waals surface area (Å²) in [6, 6.07) is 0. The number of hydrogen-bond acceptors (Lipinski definition) is 15. The van der Waals surface area contributed by atoms with Gasteiger partial charge in [-0.15, -0.1) is 0 Å². The minimum absolute atomic E-state index is 0.0120. The van der Waals surface area contributed by atoms with Crippen molar-refractivity contribution in [3.05, 3.63) is 48.6 Å². The Kier molecular flexibility index (Phi) is 12.3. The first-order valence-corrected chi connectivity index (χ1v) is 13.0. The zero-order chi connectivity index (χ0) is 32.8. The van der Waals surface area contributed by atoms with E-state index in [0.29, 0.717) is 0 Å². The molecule has 9 atom stereocenters. The predicted octanol–water partition coefficient (Wildman–Crippen LogP) is -0.888. The molecule has 0 aromatic heterocycles. The maximum Gasteiger partial charge on any atom is 0.333 e. The van der Waals surface area contributed by atoms with Crippen molar-refractivity contribution in [2.75, 3.05) is 19.8 Å². The van der Waals surface area contributed by atoms with E-state index >= 15 is 0 Å². The fourth-order valence-corrected chi connectivity index (χ4v) is 3.88. The van der Waals surface area contributed by atoms with Crippen LogP contribution in [0, 0.1) is 0 Å². The lowest BCUT2D eigenvalue weighted by Gasteiger charge is -2.43. The van der Waals surface area contributed by atoms with Crippen LogP contribution in [0.25, 0.3) is 0 Å². The molecule has 0 radical (unpaired) electrons. The first-order chi connectivity index (χ1) is 19.9. The Hall–Kier alpha value is -3.44. The van der Waals surface area contributed by atoms with Gasteiger partial charge in [0.1, 0.15) is 43.7 Å². The summed E-state index contributed by atoms with van der Waals surface area (Å²) in [5, 5.41) is 40.9. The van der Waals surface area contributed by atoms with Gasteiger partial charge in [-0.3, -0.25) is 0 Å². The number of carbonyl (C=O) groups is 4. The number of aliphatic hydroxyl groups excluding tert-OH is 4. The molecule has 2 rings (SSSR count). The van der Waals surface area contributed by atoms with Crippen LogP contribution in [-0.4, -0.2) is 119 Å². The molecule has 15 nitrogen and oxygen atoms in total. The van der Waals surface area contributed by atoms with E-state index in [4.69, 9.17) is 33.2 Å². The van der Waals surface area contributed by atoms with Crippen molar-refractivity contribution < 1.29 is 72.8 Å². The molecule has 0 spiro atoms. The van der Waals surface area contributed by atoms with Gasteiger partial charge in [0.25, 0.3) is 0 Å². The van der Waals surface area contributed by atoms with Crippen LogP contribution in [0.5, 0.6) is 0 Å².